The van der Waals surface area contributed by atoms with Crippen molar-refractivity contribution in [3.63, 3.8) is 0 Å². The molecule has 104 valence electrons. The summed E-state index contributed by atoms with van der Waals surface area (Å²) in [5, 5.41) is 0. The van der Waals surface area contributed by atoms with Gasteiger partial charge in [-0.3, -0.25) is 15.2 Å². The highest BCUT2D eigenvalue weighted by Gasteiger charge is 2.04. The lowest BCUT2D eigenvalue weighted by Gasteiger charge is -2.08. The van der Waals surface area contributed by atoms with Crippen molar-refractivity contribution in [2.75, 3.05) is 0 Å². The maximum Gasteiger partial charge on any atom is 0.266 e. The summed E-state index contributed by atoms with van der Waals surface area (Å²) in [6, 6.07) is 9.34. The van der Waals surface area contributed by atoms with Gasteiger partial charge in [0.2, 0.25) is 0 Å². The van der Waals surface area contributed by atoms with Gasteiger partial charge in [-0.25, -0.2) is 5.84 Å². The van der Waals surface area contributed by atoms with Crippen molar-refractivity contribution in [1.82, 2.24) is 10.4 Å². The van der Waals surface area contributed by atoms with Crippen molar-refractivity contribution >= 4 is 5.91 Å². The molecule has 0 atom stereocenters. The molecule has 5 heteroatoms. The Morgan fingerprint density at radius 3 is 2.65 bits per heavy atom. The number of nitrogens with two attached hydrogens (primary N) is 1. The predicted octanol–water partition coefficient (Wildman–Crippen LogP) is 1.88. The lowest BCUT2D eigenvalue weighted by atomic mass is 10.1. The summed E-state index contributed by atoms with van der Waals surface area (Å²) < 4.78 is 5.67. The predicted molar refractivity (Wildman–Crippen MR) is 76.1 cm³/mol. The first-order valence-corrected chi connectivity index (χ1v) is 6.26. The Kier molecular flexibility index (Phi) is 4.32. The highest BCUT2D eigenvalue weighted by atomic mass is 16.5. The molecule has 5 nitrogen and oxygen atoms in total. The molecule has 0 aliphatic rings. The number of pyridine rings is 1. The molecule has 1 amide bonds. The normalized spacial score (nSPS) is 10.2. The summed E-state index contributed by atoms with van der Waals surface area (Å²) in [4.78, 5) is 15.4. The van der Waals surface area contributed by atoms with Crippen LogP contribution in [0.5, 0.6) is 5.75 Å². The van der Waals surface area contributed by atoms with Gasteiger partial charge in [-0.15, -0.1) is 0 Å². The lowest BCUT2D eigenvalue weighted by Crippen LogP contribution is -2.30. The third kappa shape index (κ3) is 3.33. The second-order valence-corrected chi connectivity index (χ2v) is 4.55. The molecule has 0 radical (unpaired) electrons. The molecular formula is C15H17N3O2. The molecule has 2 aromatic rings. The minimum atomic E-state index is -0.362. The molecule has 1 heterocycles. The van der Waals surface area contributed by atoms with Crippen LogP contribution in [0.15, 0.2) is 36.5 Å². The average Bonchev–Trinajstić information content (AvgIpc) is 2.48. The van der Waals surface area contributed by atoms with E-state index >= 15 is 0 Å². The van der Waals surface area contributed by atoms with E-state index in [1.165, 1.54) is 17.3 Å². The molecule has 0 saturated heterocycles. The summed E-state index contributed by atoms with van der Waals surface area (Å²) in [6.07, 6.45) is 1.47. The van der Waals surface area contributed by atoms with E-state index in [1.807, 2.05) is 25.1 Å². The molecule has 3 N–H and O–H groups in total. The largest absolute Gasteiger partial charge is 0.487 e. The number of nitrogen functional groups attached to an aromatic ring is 1. The smallest absolute Gasteiger partial charge is 0.266 e. The third-order valence-electron chi connectivity index (χ3n) is 3.08. The van der Waals surface area contributed by atoms with E-state index in [0.717, 1.165) is 11.4 Å². The number of hydrogen-bond donors (Lipinski definition) is 2. The summed E-state index contributed by atoms with van der Waals surface area (Å²) in [5.41, 5.74) is 5.64. The van der Waals surface area contributed by atoms with E-state index in [1.54, 1.807) is 12.1 Å². The fraction of sp³-hybridized carbons (Fsp3) is 0.200. The number of ether oxygens (including phenoxy) is 1. The van der Waals surface area contributed by atoms with Crippen LogP contribution in [0.25, 0.3) is 0 Å². The fourth-order valence-corrected chi connectivity index (χ4v) is 1.69. The molecule has 20 heavy (non-hydrogen) atoms. The molecule has 0 aliphatic heterocycles. The second kappa shape index (κ2) is 6.16. The molecule has 0 bridgehead atoms. The Balaban J connectivity index is 2.00. The minimum Gasteiger partial charge on any atom is -0.487 e. The van der Waals surface area contributed by atoms with Gasteiger partial charge in [0, 0.05) is 6.20 Å². The van der Waals surface area contributed by atoms with Gasteiger partial charge in [0.25, 0.3) is 5.91 Å². The first-order chi connectivity index (χ1) is 9.60. The van der Waals surface area contributed by atoms with Gasteiger partial charge in [0.05, 0.1) is 11.3 Å². The Morgan fingerprint density at radius 1 is 1.25 bits per heavy atom. The van der Waals surface area contributed by atoms with E-state index in [9.17, 15) is 4.79 Å². The summed E-state index contributed by atoms with van der Waals surface area (Å²) in [6.45, 7) is 4.45. The van der Waals surface area contributed by atoms with Crippen LogP contribution in [0.3, 0.4) is 0 Å². The maximum atomic E-state index is 11.3. The number of benzene rings is 1. The van der Waals surface area contributed by atoms with E-state index < -0.39 is 0 Å². The topological polar surface area (TPSA) is 77.2 Å². The van der Waals surface area contributed by atoms with Crippen molar-refractivity contribution in [2.45, 2.75) is 20.5 Å². The SMILES string of the molecule is Cc1ccc(OCc2ccc(C(=O)NN)cn2)cc1C. The monoisotopic (exact) mass is 271 g/mol. The van der Waals surface area contributed by atoms with Crippen LogP contribution in [0.1, 0.15) is 27.2 Å². The maximum absolute atomic E-state index is 11.3. The van der Waals surface area contributed by atoms with E-state index in [4.69, 9.17) is 10.6 Å². The molecule has 1 aromatic heterocycles. The molecule has 0 aliphatic carbocycles. The van der Waals surface area contributed by atoms with Gasteiger partial charge in [-0.1, -0.05) is 6.07 Å². The number of hydrazine groups is 1. The zero-order valence-corrected chi connectivity index (χ0v) is 11.5. The Labute approximate surface area is 117 Å². The Hall–Kier alpha value is -2.40. The van der Waals surface area contributed by atoms with Gasteiger partial charge < -0.3 is 4.74 Å². The van der Waals surface area contributed by atoms with Crippen molar-refractivity contribution < 1.29 is 9.53 Å². The molecule has 0 fully saturated rings. The molecule has 0 saturated carbocycles. The number of amides is 1. The van der Waals surface area contributed by atoms with Crippen LogP contribution in [-0.2, 0) is 6.61 Å². The molecule has 0 unspecified atom stereocenters. The summed E-state index contributed by atoms with van der Waals surface area (Å²) in [5.74, 6) is 5.49. The molecular weight excluding hydrogens is 254 g/mol. The number of carbonyl (C=O) groups is 1. The summed E-state index contributed by atoms with van der Waals surface area (Å²) in [7, 11) is 0. The number of hydrogen-bond acceptors (Lipinski definition) is 4. The van der Waals surface area contributed by atoms with Crippen LogP contribution >= 0.6 is 0 Å². The Morgan fingerprint density at radius 2 is 2.05 bits per heavy atom. The first-order valence-electron chi connectivity index (χ1n) is 6.26. The summed E-state index contributed by atoms with van der Waals surface area (Å²) >= 11 is 0. The molecule has 2 rings (SSSR count). The molecule has 0 spiro atoms. The standard InChI is InChI=1S/C15H17N3O2/c1-10-3-6-14(7-11(10)2)20-9-13-5-4-12(8-17-13)15(19)18-16/h3-8H,9,16H2,1-2H3,(H,18,19). The van der Waals surface area contributed by atoms with E-state index in [-0.39, 0.29) is 5.91 Å². The average molecular weight is 271 g/mol. The third-order valence-corrected chi connectivity index (χ3v) is 3.08. The van der Waals surface area contributed by atoms with Crippen LogP contribution in [-0.4, -0.2) is 10.9 Å². The molecule has 1 aromatic carbocycles. The number of nitrogens with one attached hydrogen (secondary N) is 1. The van der Waals surface area contributed by atoms with Crippen LogP contribution in [0, 0.1) is 13.8 Å². The van der Waals surface area contributed by atoms with Gasteiger partial charge in [0.1, 0.15) is 12.4 Å². The first kappa shape index (κ1) is 14.0. The second-order valence-electron chi connectivity index (χ2n) is 4.55. The van der Waals surface area contributed by atoms with E-state index in [2.05, 4.69) is 17.3 Å². The number of aromatic nitrogens is 1. The van der Waals surface area contributed by atoms with Crippen LogP contribution < -0.4 is 16.0 Å². The van der Waals surface area contributed by atoms with Gasteiger partial charge in [-0.05, 0) is 49.2 Å². The van der Waals surface area contributed by atoms with E-state index in [0.29, 0.717) is 12.2 Å². The highest BCUT2D eigenvalue weighted by Crippen LogP contribution is 2.17. The van der Waals surface area contributed by atoms with Crippen molar-refractivity contribution in [3.05, 3.63) is 58.9 Å². The Bertz CT molecular complexity index is 609. The highest BCUT2D eigenvalue weighted by molar-refractivity contribution is 5.93. The number of rotatable bonds is 4. The van der Waals surface area contributed by atoms with Gasteiger partial charge in [-0.2, -0.15) is 0 Å². The van der Waals surface area contributed by atoms with Gasteiger partial charge >= 0.3 is 0 Å². The fourth-order valence-electron chi connectivity index (χ4n) is 1.69. The number of aryl methyl sites for hydroxylation is 2. The van der Waals surface area contributed by atoms with Crippen molar-refractivity contribution in [2.24, 2.45) is 5.84 Å². The van der Waals surface area contributed by atoms with Crippen molar-refractivity contribution in [3.8, 4) is 5.75 Å². The quantitative estimate of drug-likeness (QED) is 0.505. The van der Waals surface area contributed by atoms with Crippen LogP contribution in [0.4, 0.5) is 0 Å². The van der Waals surface area contributed by atoms with Crippen LogP contribution in [0.2, 0.25) is 0 Å². The lowest BCUT2D eigenvalue weighted by molar-refractivity contribution is 0.0953. The zero-order chi connectivity index (χ0) is 14.5. The zero-order valence-electron chi connectivity index (χ0n) is 11.5. The number of carbonyl (C=O) groups excluding carboxylic acids is 1. The van der Waals surface area contributed by atoms with Crippen molar-refractivity contribution in [1.29, 1.82) is 0 Å². The minimum absolute atomic E-state index is 0.354. The van der Waals surface area contributed by atoms with Gasteiger partial charge in [0.15, 0.2) is 0 Å². The number of nitrogens with zero attached hydrogens (tertiary/aromatic N) is 1.